The molecule has 0 spiro atoms. The first-order valence-corrected chi connectivity index (χ1v) is 7.46. The first kappa shape index (κ1) is 13.4. The van der Waals surface area contributed by atoms with Crippen molar-refractivity contribution in [1.82, 2.24) is 5.32 Å². The maximum Gasteiger partial charge on any atom is 0.119 e. The molecule has 0 aliphatic heterocycles. The largest absolute Gasteiger partial charge is 0.497 e. The molecule has 2 aromatic rings. The van der Waals surface area contributed by atoms with Crippen LogP contribution < -0.4 is 10.1 Å². The highest BCUT2D eigenvalue weighted by Gasteiger charge is 2.30. The summed E-state index contributed by atoms with van der Waals surface area (Å²) in [5.74, 6) is 0.918. The third-order valence-corrected chi connectivity index (χ3v) is 4.55. The Bertz CT molecular complexity index is 601. The predicted octanol–water partition coefficient (Wildman–Crippen LogP) is 4.13. The molecule has 1 aliphatic carbocycles. The van der Waals surface area contributed by atoms with Gasteiger partial charge < -0.3 is 10.1 Å². The lowest BCUT2D eigenvalue weighted by Gasteiger charge is -2.38. The van der Waals surface area contributed by atoms with Crippen LogP contribution in [-0.2, 0) is 6.54 Å². The van der Waals surface area contributed by atoms with Crippen LogP contribution in [0.3, 0.4) is 0 Å². The van der Waals surface area contributed by atoms with Crippen molar-refractivity contribution in [1.29, 1.82) is 0 Å². The molecule has 2 nitrogen and oxygen atoms in total. The van der Waals surface area contributed by atoms with Gasteiger partial charge in [0, 0.05) is 13.1 Å². The van der Waals surface area contributed by atoms with E-state index in [1.54, 1.807) is 7.11 Å². The number of nitrogens with one attached hydrogen (secondary N) is 1. The Labute approximate surface area is 121 Å². The normalized spacial score (nSPS) is 16.9. The van der Waals surface area contributed by atoms with E-state index in [4.69, 9.17) is 4.74 Å². The van der Waals surface area contributed by atoms with E-state index < -0.39 is 0 Å². The van der Waals surface area contributed by atoms with E-state index in [0.29, 0.717) is 5.41 Å². The molecule has 2 heteroatoms. The van der Waals surface area contributed by atoms with Crippen LogP contribution in [0.2, 0.25) is 0 Å². The van der Waals surface area contributed by atoms with Crippen molar-refractivity contribution in [3.8, 4) is 5.75 Å². The summed E-state index contributed by atoms with van der Waals surface area (Å²) in [6.45, 7) is 4.47. The highest BCUT2D eigenvalue weighted by atomic mass is 16.5. The average molecular weight is 269 g/mol. The number of hydrogen-bond acceptors (Lipinski definition) is 2. The SMILES string of the molecule is COc1ccc2cc(CNCC3(C)CCC3)ccc2c1. The number of benzene rings is 2. The molecular weight excluding hydrogens is 246 g/mol. The van der Waals surface area contributed by atoms with Crippen LogP contribution in [0.5, 0.6) is 5.75 Å². The molecular formula is C18H23NO. The maximum absolute atomic E-state index is 5.26. The van der Waals surface area contributed by atoms with E-state index in [2.05, 4.69) is 42.6 Å². The van der Waals surface area contributed by atoms with Crippen molar-refractivity contribution in [2.45, 2.75) is 32.7 Å². The minimum Gasteiger partial charge on any atom is -0.497 e. The lowest BCUT2D eigenvalue weighted by Crippen LogP contribution is -2.36. The van der Waals surface area contributed by atoms with Crippen molar-refractivity contribution in [2.24, 2.45) is 5.41 Å². The van der Waals surface area contributed by atoms with Gasteiger partial charge in [-0.25, -0.2) is 0 Å². The van der Waals surface area contributed by atoms with Gasteiger partial charge in [-0.2, -0.15) is 0 Å². The zero-order valence-corrected chi connectivity index (χ0v) is 12.4. The highest BCUT2D eigenvalue weighted by molar-refractivity contribution is 5.84. The van der Waals surface area contributed by atoms with Gasteiger partial charge in [0.1, 0.15) is 5.75 Å². The first-order valence-electron chi connectivity index (χ1n) is 7.46. The second-order valence-corrected chi connectivity index (χ2v) is 6.32. The summed E-state index contributed by atoms with van der Waals surface area (Å²) < 4.78 is 5.26. The Morgan fingerprint density at radius 2 is 1.85 bits per heavy atom. The number of ether oxygens (including phenoxy) is 1. The minimum atomic E-state index is 0.546. The zero-order valence-electron chi connectivity index (χ0n) is 12.4. The standard InChI is InChI=1S/C18H23NO/c1-18(8-3-9-18)13-19-12-14-4-5-16-11-17(20-2)7-6-15(16)10-14/h4-7,10-11,19H,3,8-9,12-13H2,1-2H3. The van der Waals surface area contributed by atoms with Crippen LogP contribution in [0.25, 0.3) is 10.8 Å². The third kappa shape index (κ3) is 2.80. The lowest BCUT2D eigenvalue weighted by molar-refractivity contribution is 0.156. The summed E-state index contributed by atoms with van der Waals surface area (Å²) in [5, 5.41) is 6.12. The molecule has 0 unspecified atom stereocenters. The smallest absolute Gasteiger partial charge is 0.119 e. The van der Waals surface area contributed by atoms with Gasteiger partial charge in [-0.15, -0.1) is 0 Å². The van der Waals surface area contributed by atoms with Gasteiger partial charge in [0.15, 0.2) is 0 Å². The van der Waals surface area contributed by atoms with Crippen LogP contribution in [0, 0.1) is 5.41 Å². The summed E-state index contributed by atoms with van der Waals surface area (Å²) in [6.07, 6.45) is 4.14. The summed E-state index contributed by atoms with van der Waals surface area (Å²) in [6, 6.07) is 12.9. The minimum absolute atomic E-state index is 0.546. The van der Waals surface area contributed by atoms with Crippen LogP contribution in [0.1, 0.15) is 31.7 Å². The number of methoxy groups -OCH3 is 1. The summed E-state index contributed by atoms with van der Waals surface area (Å²) in [4.78, 5) is 0. The van der Waals surface area contributed by atoms with Crippen molar-refractivity contribution < 1.29 is 4.74 Å². The van der Waals surface area contributed by atoms with Gasteiger partial charge in [0.2, 0.25) is 0 Å². The Hall–Kier alpha value is -1.54. The first-order chi connectivity index (χ1) is 9.68. The topological polar surface area (TPSA) is 21.3 Å². The van der Waals surface area contributed by atoms with E-state index in [0.717, 1.165) is 18.8 Å². The van der Waals surface area contributed by atoms with E-state index >= 15 is 0 Å². The molecule has 2 aromatic carbocycles. The van der Waals surface area contributed by atoms with Gasteiger partial charge in [-0.3, -0.25) is 0 Å². The molecule has 0 bridgehead atoms. The molecule has 0 radical (unpaired) electrons. The molecule has 1 aliphatic rings. The molecule has 20 heavy (non-hydrogen) atoms. The Kier molecular flexibility index (Phi) is 3.66. The molecule has 1 saturated carbocycles. The zero-order chi connectivity index (χ0) is 14.0. The van der Waals surface area contributed by atoms with E-state index in [-0.39, 0.29) is 0 Å². The van der Waals surface area contributed by atoms with E-state index in [9.17, 15) is 0 Å². The monoisotopic (exact) mass is 269 g/mol. The van der Waals surface area contributed by atoms with E-state index in [1.165, 1.54) is 35.6 Å². The van der Waals surface area contributed by atoms with Crippen LogP contribution >= 0.6 is 0 Å². The van der Waals surface area contributed by atoms with E-state index in [1.807, 2.05) is 6.07 Å². The Morgan fingerprint density at radius 1 is 1.10 bits per heavy atom. The van der Waals surface area contributed by atoms with Gasteiger partial charge >= 0.3 is 0 Å². The molecule has 0 heterocycles. The van der Waals surface area contributed by atoms with Crippen molar-refractivity contribution in [3.63, 3.8) is 0 Å². The fourth-order valence-electron chi connectivity index (χ4n) is 2.98. The molecule has 1 fully saturated rings. The second-order valence-electron chi connectivity index (χ2n) is 6.32. The molecule has 0 saturated heterocycles. The average Bonchev–Trinajstić information content (AvgIpc) is 2.45. The van der Waals surface area contributed by atoms with Gasteiger partial charge in [0.25, 0.3) is 0 Å². The molecule has 0 amide bonds. The van der Waals surface area contributed by atoms with Crippen LogP contribution in [0.15, 0.2) is 36.4 Å². The molecule has 3 rings (SSSR count). The third-order valence-electron chi connectivity index (χ3n) is 4.55. The molecule has 106 valence electrons. The summed E-state index contributed by atoms with van der Waals surface area (Å²) >= 11 is 0. The number of fused-ring (bicyclic) bond motifs is 1. The maximum atomic E-state index is 5.26. The summed E-state index contributed by atoms with van der Waals surface area (Å²) in [7, 11) is 1.71. The van der Waals surface area contributed by atoms with Crippen molar-refractivity contribution in [2.75, 3.05) is 13.7 Å². The van der Waals surface area contributed by atoms with Crippen molar-refractivity contribution >= 4 is 10.8 Å². The Morgan fingerprint density at radius 3 is 2.55 bits per heavy atom. The fourth-order valence-corrected chi connectivity index (χ4v) is 2.98. The van der Waals surface area contributed by atoms with Gasteiger partial charge in [-0.05, 0) is 52.8 Å². The fraction of sp³-hybridized carbons (Fsp3) is 0.444. The van der Waals surface area contributed by atoms with Crippen LogP contribution in [0.4, 0.5) is 0 Å². The van der Waals surface area contributed by atoms with Gasteiger partial charge in [0.05, 0.1) is 7.11 Å². The number of rotatable bonds is 5. The quantitative estimate of drug-likeness (QED) is 0.881. The van der Waals surface area contributed by atoms with Crippen molar-refractivity contribution in [3.05, 3.63) is 42.0 Å². The summed E-state index contributed by atoms with van der Waals surface area (Å²) in [5.41, 5.74) is 1.90. The highest BCUT2D eigenvalue weighted by Crippen LogP contribution is 2.39. The predicted molar refractivity (Wildman–Crippen MR) is 84.2 cm³/mol. The lowest BCUT2D eigenvalue weighted by atomic mass is 9.70. The molecule has 0 atom stereocenters. The van der Waals surface area contributed by atoms with Crippen LogP contribution in [-0.4, -0.2) is 13.7 Å². The molecule has 1 N–H and O–H groups in total. The second kappa shape index (κ2) is 5.45. The number of hydrogen-bond donors (Lipinski definition) is 1. The molecule has 0 aromatic heterocycles. The van der Waals surface area contributed by atoms with Gasteiger partial charge in [-0.1, -0.05) is 31.5 Å². The Balaban J connectivity index is 1.66.